The highest BCUT2D eigenvalue weighted by Crippen LogP contribution is 2.29. The summed E-state index contributed by atoms with van der Waals surface area (Å²) in [4.78, 5) is 14.2. The Kier molecular flexibility index (Phi) is 6.70. The third-order valence-corrected chi connectivity index (χ3v) is 4.80. The lowest BCUT2D eigenvalue weighted by molar-refractivity contribution is -0.137. The van der Waals surface area contributed by atoms with Crippen LogP contribution in [-0.4, -0.2) is 12.5 Å². The van der Waals surface area contributed by atoms with Crippen molar-refractivity contribution in [1.29, 1.82) is 0 Å². The van der Waals surface area contributed by atoms with E-state index in [9.17, 15) is 26.7 Å². The number of nitrogens with zero attached hydrogens (tertiary/aromatic N) is 1. The maximum atomic E-state index is 14.4. The molecule has 3 aromatic carbocycles. The molecule has 0 aliphatic carbocycles. The number of halogens is 5. The lowest BCUT2D eigenvalue weighted by Gasteiger charge is -2.26. The Hall–Kier alpha value is -3.26. The molecule has 3 rings (SSSR count). The standard InChI is InChI=1S/C23H19F5N2O/c24-18-10-11-20(19(25)14-18)30(22(31)21(29)16-4-2-1-3-5-16)13-12-15-6-8-17(9-7-15)23(26,27)28/h1-11,14,21H,12-13,29H2. The zero-order valence-corrected chi connectivity index (χ0v) is 16.2. The fourth-order valence-electron chi connectivity index (χ4n) is 3.12. The van der Waals surface area contributed by atoms with Crippen LogP contribution in [0.4, 0.5) is 27.6 Å². The number of carbonyl (C=O) groups excluding carboxylic acids is 1. The fraction of sp³-hybridized carbons (Fsp3) is 0.174. The number of anilines is 1. The molecule has 162 valence electrons. The molecule has 0 bridgehead atoms. The van der Waals surface area contributed by atoms with Crippen LogP contribution in [0, 0.1) is 11.6 Å². The molecular weight excluding hydrogens is 415 g/mol. The monoisotopic (exact) mass is 434 g/mol. The Bertz CT molecular complexity index is 1040. The van der Waals surface area contributed by atoms with E-state index in [0.717, 1.165) is 29.2 Å². The Labute approximate surface area is 175 Å². The predicted octanol–water partition coefficient (Wildman–Crippen LogP) is 5.26. The zero-order valence-electron chi connectivity index (χ0n) is 16.2. The number of alkyl halides is 3. The molecule has 1 amide bonds. The number of nitrogens with two attached hydrogens (primary N) is 1. The first-order valence-corrected chi connectivity index (χ1v) is 9.40. The molecule has 0 radical (unpaired) electrons. The summed E-state index contributed by atoms with van der Waals surface area (Å²) < 4.78 is 66.0. The van der Waals surface area contributed by atoms with Gasteiger partial charge in [0.1, 0.15) is 17.7 Å². The van der Waals surface area contributed by atoms with E-state index < -0.39 is 35.3 Å². The minimum atomic E-state index is -4.46. The lowest BCUT2D eigenvalue weighted by atomic mass is 10.0. The average molecular weight is 434 g/mol. The predicted molar refractivity (Wildman–Crippen MR) is 107 cm³/mol. The molecule has 3 aromatic rings. The molecule has 0 aliphatic rings. The fourth-order valence-corrected chi connectivity index (χ4v) is 3.12. The smallest absolute Gasteiger partial charge is 0.316 e. The molecule has 0 aromatic heterocycles. The minimum absolute atomic E-state index is 0.0622. The molecule has 0 saturated carbocycles. The molecule has 3 nitrogen and oxygen atoms in total. The van der Waals surface area contributed by atoms with E-state index in [1.807, 2.05) is 0 Å². The van der Waals surface area contributed by atoms with Crippen molar-refractivity contribution < 1.29 is 26.7 Å². The number of hydrogen-bond acceptors (Lipinski definition) is 2. The molecule has 31 heavy (non-hydrogen) atoms. The van der Waals surface area contributed by atoms with Gasteiger partial charge in [0.2, 0.25) is 5.91 Å². The van der Waals surface area contributed by atoms with Gasteiger partial charge in [-0.2, -0.15) is 13.2 Å². The van der Waals surface area contributed by atoms with E-state index in [2.05, 4.69) is 0 Å². The number of rotatable bonds is 6. The van der Waals surface area contributed by atoms with E-state index >= 15 is 0 Å². The van der Waals surface area contributed by atoms with Gasteiger partial charge in [-0.3, -0.25) is 4.79 Å². The van der Waals surface area contributed by atoms with Crippen LogP contribution >= 0.6 is 0 Å². The third kappa shape index (κ3) is 5.46. The van der Waals surface area contributed by atoms with Crippen LogP contribution in [0.5, 0.6) is 0 Å². The van der Waals surface area contributed by atoms with Crippen LogP contribution in [0.2, 0.25) is 0 Å². The van der Waals surface area contributed by atoms with Gasteiger partial charge in [0.15, 0.2) is 0 Å². The van der Waals surface area contributed by atoms with Gasteiger partial charge in [-0.25, -0.2) is 8.78 Å². The maximum Gasteiger partial charge on any atom is 0.416 e. The summed E-state index contributed by atoms with van der Waals surface area (Å²) in [7, 11) is 0. The van der Waals surface area contributed by atoms with Crippen molar-refractivity contribution in [3.63, 3.8) is 0 Å². The Morgan fingerprint density at radius 2 is 1.58 bits per heavy atom. The van der Waals surface area contributed by atoms with Gasteiger partial charge in [-0.15, -0.1) is 0 Å². The first-order chi connectivity index (χ1) is 14.7. The molecular formula is C23H19F5N2O. The number of carbonyl (C=O) groups is 1. The van der Waals surface area contributed by atoms with Crippen LogP contribution in [0.3, 0.4) is 0 Å². The highest BCUT2D eigenvalue weighted by atomic mass is 19.4. The SMILES string of the molecule is NC(C(=O)N(CCc1ccc(C(F)(F)F)cc1)c1ccc(F)cc1F)c1ccccc1. The van der Waals surface area contributed by atoms with Gasteiger partial charge in [0, 0.05) is 12.6 Å². The first-order valence-electron chi connectivity index (χ1n) is 9.40. The van der Waals surface area contributed by atoms with E-state index in [4.69, 9.17) is 5.73 Å². The summed E-state index contributed by atoms with van der Waals surface area (Å²) in [6.45, 7) is -0.0622. The van der Waals surface area contributed by atoms with Crippen molar-refractivity contribution in [3.05, 3.63) is 101 Å². The van der Waals surface area contributed by atoms with E-state index in [0.29, 0.717) is 17.2 Å². The molecule has 2 N–H and O–H groups in total. The zero-order chi connectivity index (χ0) is 22.6. The second kappa shape index (κ2) is 9.26. The van der Waals surface area contributed by atoms with Crippen LogP contribution in [0.25, 0.3) is 0 Å². The third-order valence-electron chi connectivity index (χ3n) is 4.80. The molecule has 1 unspecified atom stereocenters. The molecule has 0 spiro atoms. The largest absolute Gasteiger partial charge is 0.416 e. The van der Waals surface area contributed by atoms with Crippen LogP contribution < -0.4 is 10.6 Å². The summed E-state index contributed by atoms with van der Waals surface area (Å²) >= 11 is 0. The van der Waals surface area contributed by atoms with Crippen molar-refractivity contribution >= 4 is 11.6 Å². The summed E-state index contributed by atoms with van der Waals surface area (Å²) in [5.74, 6) is -2.37. The molecule has 0 fully saturated rings. The van der Waals surface area contributed by atoms with Crippen LogP contribution in [-0.2, 0) is 17.4 Å². The van der Waals surface area contributed by atoms with Gasteiger partial charge in [0.25, 0.3) is 0 Å². The number of amides is 1. The van der Waals surface area contributed by atoms with Gasteiger partial charge < -0.3 is 10.6 Å². The van der Waals surface area contributed by atoms with Crippen LogP contribution in [0.15, 0.2) is 72.8 Å². The summed E-state index contributed by atoms with van der Waals surface area (Å²) in [5.41, 5.74) is 6.15. The van der Waals surface area contributed by atoms with Gasteiger partial charge >= 0.3 is 6.18 Å². The summed E-state index contributed by atoms with van der Waals surface area (Å²) in [6.07, 6.45) is -4.32. The first kappa shape index (κ1) is 22.4. The normalized spacial score (nSPS) is 12.5. The van der Waals surface area contributed by atoms with Crippen LogP contribution in [0.1, 0.15) is 22.7 Å². The van der Waals surface area contributed by atoms with E-state index in [1.165, 1.54) is 12.1 Å². The van der Waals surface area contributed by atoms with Crippen molar-refractivity contribution in [2.24, 2.45) is 5.73 Å². The lowest BCUT2D eigenvalue weighted by Crippen LogP contribution is -2.40. The topological polar surface area (TPSA) is 46.3 Å². The number of benzene rings is 3. The average Bonchev–Trinajstić information content (AvgIpc) is 2.74. The molecule has 0 aliphatic heterocycles. The molecule has 0 saturated heterocycles. The Morgan fingerprint density at radius 3 is 2.16 bits per heavy atom. The molecule has 8 heteroatoms. The number of hydrogen-bond donors (Lipinski definition) is 1. The second-order valence-electron chi connectivity index (χ2n) is 6.92. The van der Waals surface area contributed by atoms with Crippen molar-refractivity contribution in [1.82, 2.24) is 0 Å². The summed E-state index contributed by atoms with van der Waals surface area (Å²) in [6, 6.07) is 14.6. The minimum Gasteiger partial charge on any atom is -0.316 e. The molecule has 0 heterocycles. The van der Waals surface area contributed by atoms with Crippen molar-refractivity contribution in [2.45, 2.75) is 18.6 Å². The van der Waals surface area contributed by atoms with Gasteiger partial charge in [-0.1, -0.05) is 42.5 Å². The Balaban J connectivity index is 1.86. The highest BCUT2D eigenvalue weighted by Gasteiger charge is 2.30. The van der Waals surface area contributed by atoms with Gasteiger partial charge in [0.05, 0.1) is 11.3 Å². The molecule has 1 atom stereocenters. The Morgan fingerprint density at radius 1 is 0.935 bits per heavy atom. The summed E-state index contributed by atoms with van der Waals surface area (Å²) in [5, 5.41) is 0. The van der Waals surface area contributed by atoms with Crippen molar-refractivity contribution in [3.8, 4) is 0 Å². The van der Waals surface area contributed by atoms with E-state index in [-0.39, 0.29) is 18.7 Å². The maximum absolute atomic E-state index is 14.4. The highest BCUT2D eigenvalue weighted by molar-refractivity contribution is 5.97. The quantitative estimate of drug-likeness (QED) is 0.538. The second-order valence-corrected chi connectivity index (χ2v) is 6.92. The van der Waals surface area contributed by atoms with Crippen molar-refractivity contribution in [2.75, 3.05) is 11.4 Å². The van der Waals surface area contributed by atoms with Gasteiger partial charge in [-0.05, 0) is 41.8 Å². The van der Waals surface area contributed by atoms with E-state index in [1.54, 1.807) is 30.3 Å².